The molecule has 0 saturated heterocycles. The third kappa shape index (κ3) is 3.57. The zero-order valence-corrected chi connectivity index (χ0v) is 12.7. The number of Topliss-reactive ketones (excluding diaryl/α,β-unsaturated/α-hetero) is 1. The van der Waals surface area contributed by atoms with E-state index < -0.39 is 11.2 Å². The van der Waals surface area contributed by atoms with Crippen LogP contribution in [0.2, 0.25) is 5.02 Å². The minimum atomic E-state index is -0.734. The molecule has 110 valence electrons. The van der Waals surface area contributed by atoms with E-state index in [4.69, 9.17) is 22.7 Å². The highest BCUT2D eigenvalue weighted by Gasteiger charge is 2.34. The SMILES string of the molecule is CC(C)C[C@](C)(CC=N)C(=O)c1cc(F)c(N)c(Cl)c1. The van der Waals surface area contributed by atoms with Crippen molar-refractivity contribution < 1.29 is 9.18 Å². The van der Waals surface area contributed by atoms with Gasteiger partial charge in [0, 0.05) is 11.0 Å². The van der Waals surface area contributed by atoms with Gasteiger partial charge in [-0.1, -0.05) is 32.4 Å². The van der Waals surface area contributed by atoms with Gasteiger partial charge in [-0.05, 0) is 37.1 Å². The third-order valence-electron chi connectivity index (χ3n) is 3.30. The van der Waals surface area contributed by atoms with Gasteiger partial charge >= 0.3 is 0 Å². The van der Waals surface area contributed by atoms with Gasteiger partial charge in [0.25, 0.3) is 0 Å². The Hall–Kier alpha value is -1.42. The molecule has 0 amide bonds. The Bertz CT molecular complexity index is 508. The standard InChI is InChI=1S/C15H20ClFN2O/c1-9(2)8-15(3,4-5-18)14(20)10-6-11(16)13(19)12(17)7-10/h5-7,9,18H,4,8,19H2,1-3H3/t15-/m0/s1. The average molecular weight is 299 g/mol. The topological polar surface area (TPSA) is 66.9 Å². The van der Waals surface area contributed by atoms with Gasteiger partial charge in [0.15, 0.2) is 5.78 Å². The molecule has 3 nitrogen and oxygen atoms in total. The quantitative estimate of drug-likeness (QED) is 0.466. The number of benzene rings is 1. The lowest BCUT2D eigenvalue weighted by Gasteiger charge is -2.28. The molecule has 0 fully saturated rings. The number of anilines is 1. The van der Waals surface area contributed by atoms with Gasteiger partial charge in [0.05, 0.1) is 10.7 Å². The molecule has 0 saturated carbocycles. The van der Waals surface area contributed by atoms with Crippen LogP contribution in [-0.2, 0) is 0 Å². The van der Waals surface area contributed by atoms with Crippen LogP contribution in [0.3, 0.4) is 0 Å². The van der Waals surface area contributed by atoms with E-state index >= 15 is 0 Å². The number of carbonyl (C=O) groups excluding carboxylic acids is 1. The summed E-state index contributed by atoms with van der Waals surface area (Å²) in [4.78, 5) is 12.6. The van der Waals surface area contributed by atoms with Gasteiger partial charge in [-0.25, -0.2) is 4.39 Å². The third-order valence-corrected chi connectivity index (χ3v) is 3.61. The lowest BCUT2D eigenvalue weighted by Crippen LogP contribution is -2.30. The number of halogens is 2. The number of hydrogen-bond acceptors (Lipinski definition) is 3. The summed E-state index contributed by atoms with van der Waals surface area (Å²) in [6.45, 7) is 5.81. The predicted molar refractivity (Wildman–Crippen MR) is 81.1 cm³/mol. The second-order valence-corrected chi connectivity index (χ2v) is 6.16. The Kier molecular flexibility index (Phi) is 5.28. The van der Waals surface area contributed by atoms with E-state index in [9.17, 15) is 9.18 Å². The summed E-state index contributed by atoms with van der Waals surface area (Å²) < 4.78 is 13.6. The van der Waals surface area contributed by atoms with Crippen LogP contribution in [0.5, 0.6) is 0 Å². The minimum absolute atomic E-state index is 0.0371. The molecule has 0 radical (unpaired) electrons. The summed E-state index contributed by atoms with van der Waals surface area (Å²) in [6, 6.07) is 2.51. The molecule has 3 N–H and O–H groups in total. The van der Waals surface area contributed by atoms with E-state index in [1.807, 2.05) is 13.8 Å². The zero-order valence-electron chi connectivity index (χ0n) is 12.0. The van der Waals surface area contributed by atoms with Crippen molar-refractivity contribution in [3.05, 3.63) is 28.5 Å². The lowest BCUT2D eigenvalue weighted by molar-refractivity contribution is 0.0792. The van der Waals surface area contributed by atoms with Gasteiger partial charge in [-0.2, -0.15) is 0 Å². The first-order valence-electron chi connectivity index (χ1n) is 6.49. The van der Waals surface area contributed by atoms with Crippen LogP contribution in [0.25, 0.3) is 0 Å². The minimum Gasteiger partial charge on any atom is -0.395 e. The molecule has 0 aliphatic heterocycles. The Balaban J connectivity index is 3.22. The maximum Gasteiger partial charge on any atom is 0.169 e. The highest BCUT2D eigenvalue weighted by Crippen LogP contribution is 2.35. The molecule has 0 aliphatic carbocycles. The van der Waals surface area contributed by atoms with Crippen molar-refractivity contribution in [2.75, 3.05) is 5.73 Å². The number of rotatable bonds is 6. The molecule has 0 spiro atoms. The van der Waals surface area contributed by atoms with Crippen LogP contribution < -0.4 is 5.73 Å². The molecule has 5 heteroatoms. The number of nitrogens with two attached hydrogens (primary N) is 1. The highest BCUT2D eigenvalue weighted by molar-refractivity contribution is 6.33. The molecule has 0 aliphatic rings. The fourth-order valence-electron chi connectivity index (χ4n) is 2.46. The molecule has 20 heavy (non-hydrogen) atoms. The maximum atomic E-state index is 13.6. The molecular formula is C15H20ClFN2O. The lowest BCUT2D eigenvalue weighted by atomic mass is 9.74. The van der Waals surface area contributed by atoms with Crippen molar-refractivity contribution in [2.24, 2.45) is 11.3 Å². The van der Waals surface area contributed by atoms with Crippen molar-refractivity contribution in [3.8, 4) is 0 Å². The molecule has 1 atom stereocenters. The number of ketones is 1. The summed E-state index contributed by atoms with van der Waals surface area (Å²) in [5.41, 5.74) is 4.76. The fourth-order valence-corrected chi connectivity index (χ4v) is 2.67. The van der Waals surface area contributed by atoms with Crippen LogP contribution in [-0.4, -0.2) is 12.0 Å². The van der Waals surface area contributed by atoms with Crippen molar-refractivity contribution in [1.82, 2.24) is 0 Å². The molecule has 0 aromatic heterocycles. The fraction of sp³-hybridized carbons (Fsp3) is 0.467. The van der Waals surface area contributed by atoms with Crippen LogP contribution in [0.1, 0.15) is 44.0 Å². The van der Waals surface area contributed by atoms with Crippen molar-refractivity contribution in [1.29, 1.82) is 5.41 Å². The number of carbonyl (C=O) groups is 1. The van der Waals surface area contributed by atoms with Crippen LogP contribution in [0.4, 0.5) is 10.1 Å². The van der Waals surface area contributed by atoms with Crippen molar-refractivity contribution in [3.63, 3.8) is 0 Å². The van der Waals surface area contributed by atoms with E-state index in [1.165, 1.54) is 12.3 Å². The number of hydrogen-bond donors (Lipinski definition) is 2. The van der Waals surface area contributed by atoms with Crippen molar-refractivity contribution >= 4 is 29.3 Å². The molecule has 0 heterocycles. The van der Waals surface area contributed by atoms with Gasteiger partial charge in [-0.3, -0.25) is 4.79 Å². The van der Waals surface area contributed by atoms with E-state index in [0.29, 0.717) is 12.8 Å². The number of nitrogen functional groups attached to an aromatic ring is 1. The van der Waals surface area contributed by atoms with Gasteiger partial charge in [0.1, 0.15) is 5.82 Å². The molecule has 0 bridgehead atoms. The molecule has 0 unspecified atom stereocenters. The molecule has 1 rings (SSSR count). The van der Waals surface area contributed by atoms with E-state index in [1.54, 1.807) is 6.92 Å². The second-order valence-electron chi connectivity index (χ2n) is 5.75. The van der Waals surface area contributed by atoms with Crippen LogP contribution in [0.15, 0.2) is 12.1 Å². The van der Waals surface area contributed by atoms with E-state index in [0.717, 1.165) is 6.07 Å². The first-order valence-corrected chi connectivity index (χ1v) is 6.87. The summed E-state index contributed by atoms with van der Waals surface area (Å²) in [5, 5.41) is 7.32. The average Bonchev–Trinajstić information content (AvgIpc) is 2.33. The largest absolute Gasteiger partial charge is 0.395 e. The van der Waals surface area contributed by atoms with E-state index in [2.05, 4.69) is 0 Å². The van der Waals surface area contributed by atoms with Crippen LogP contribution in [0, 0.1) is 22.6 Å². The molecule has 1 aromatic rings. The molecule has 1 aromatic carbocycles. The number of nitrogens with one attached hydrogen (secondary N) is 1. The Morgan fingerprint density at radius 2 is 2.15 bits per heavy atom. The molecular weight excluding hydrogens is 279 g/mol. The maximum absolute atomic E-state index is 13.6. The van der Waals surface area contributed by atoms with E-state index in [-0.39, 0.29) is 28.0 Å². The highest BCUT2D eigenvalue weighted by atomic mass is 35.5. The normalized spacial score (nSPS) is 14.1. The van der Waals surface area contributed by atoms with Gasteiger partial charge in [-0.15, -0.1) is 0 Å². The Morgan fingerprint density at radius 1 is 1.55 bits per heavy atom. The first kappa shape index (κ1) is 16.6. The van der Waals surface area contributed by atoms with Gasteiger partial charge < -0.3 is 11.1 Å². The monoisotopic (exact) mass is 298 g/mol. The smallest absolute Gasteiger partial charge is 0.169 e. The summed E-state index contributed by atoms with van der Waals surface area (Å²) in [5.74, 6) is -0.615. The van der Waals surface area contributed by atoms with Crippen molar-refractivity contribution in [2.45, 2.75) is 33.6 Å². The summed E-state index contributed by atoms with van der Waals surface area (Å²) in [6.07, 6.45) is 2.15. The Labute approximate surface area is 123 Å². The first-order chi connectivity index (χ1) is 9.21. The Morgan fingerprint density at radius 3 is 2.60 bits per heavy atom. The predicted octanol–water partition coefficient (Wildman–Crippen LogP) is 4.34. The summed E-state index contributed by atoms with van der Waals surface area (Å²) >= 11 is 5.83. The zero-order chi connectivity index (χ0) is 15.5. The van der Waals surface area contributed by atoms with Crippen LogP contribution >= 0.6 is 11.6 Å². The van der Waals surface area contributed by atoms with Gasteiger partial charge in [0.2, 0.25) is 0 Å². The summed E-state index contributed by atoms with van der Waals surface area (Å²) in [7, 11) is 0. The second kappa shape index (κ2) is 6.35.